The van der Waals surface area contributed by atoms with Gasteiger partial charge in [-0.15, -0.1) is 0 Å². The average molecular weight is 470 g/mol. The molecule has 7 rings (SSSR count). The first kappa shape index (κ1) is 21.7. The number of pyridine rings is 1. The molecule has 0 unspecified atom stereocenters. The van der Waals surface area contributed by atoms with Gasteiger partial charge in [0.15, 0.2) is 11.6 Å². The number of hydrogen-bond donors (Lipinski definition) is 1. The molecule has 0 spiro atoms. The summed E-state index contributed by atoms with van der Waals surface area (Å²) in [5.74, 6) is 0.852. The Balaban J connectivity index is 1.41. The van der Waals surface area contributed by atoms with Gasteiger partial charge in [0.1, 0.15) is 23.2 Å². The van der Waals surface area contributed by atoms with Crippen LogP contribution in [0.4, 0.5) is 5.82 Å². The fraction of sp³-hybridized carbons (Fsp3) is 0.346. The second-order valence-corrected chi connectivity index (χ2v) is 9.94. The molecule has 35 heavy (non-hydrogen) atoms. The van der Waals surface area contributed by atoms with E-state index in [4.69, 9.17) is 9.72 Å². The minimum atomic E-state index is -0.314. The summed E-state index contributed by atoms with van der Waals surface area (Å²) < 4.78 is 7.33. The topological polar surface area (TPSA) is 98.1 Å². The van der Waals surface area contributed by atoms with Crippen molar-refractivity contribution < 1.29 is 9.53 Å². The Labute approximate surface area is 203 Å². The number of nitrogens with zero attached hydrogens (tertiary/aromatic N) is 6. The summed E-state index contributed by atoms with van der Waals surface area (Å²) in [6, 6.07) is 11.8. The van der Waals surface area contributed by atoms with Crippen LogP contribution in [0.15, 0.2) is 48.9 Å². The van der Waals surface area contributed by atoms with Crippen LogP contribution in [0, 0.1) is 5.41 Å². The quantitative estimate of drug-likeness (QED) is 0.461. The first-order valence-corrected chi connectivity index (χ1v) is 11.6. The number of aryl methyl sites for hydroxylation is 1. The van der Waals surface area contributed by atoms with Crippen molar-refractivity contribution in [2.24, 2.45) is 12.5 Å². The van der Waals surface area contributed by atoms with Crippen LogP contribution in [-0.2, 0) is 11.8 Å². The number of ether oxygens (including phenoxy) is 1. The minimum Gasteiger partial charge on any atom is -0.493 e. The summed E-state index contributed by atoms with van der Waals surface area (Å²) in [5, 5.41) is 7.73. The number of carbonyl (C=O) groups excluding carboxylic acids is 1. The standard InChI is InChI=1S/C26H27N7O2/c1-32(2)26-12-25(13-26,14-26)24(34)30-23-19(35-4)10-18-22(29-23)21(28-15-27-18)17-11-33(3)31-20(17)16-8-6-5-7-9-16/h5-11,15H,12-14H2,1-4H3,(H,29,30,34). The van der Waals surface area contributed by atoms with Crippen LogP contribution >= 0.6 is 0 Å². The number of nitrogens with one attached hydrogen (secondary N) is 1. The largest absolute Gasteiger partial charge is 0.493 e. The van der Waals surface area contributed by atoms with Crippen LogP contribution < -0.4 is 10.1 Å². The predicted molar refractivity (Wildman–Crippen MR) is 133 cm³/mol. The van der Waals surface area contributed by atoms with Crippen molar-refractivity contribution in [2.45, 2.75) is 24.8 Å². The molecular weight excluding hydrogens is 442 g/mol. The average Bonchev–Trinajstić information content (AvgIpc) is 3.18. The fourth-order valence-electron chi connectivity index (χ4n) is 5.57. The summed E-state index contributed by atoms with van der Waals surface area (Å²) in [4.78, 5) is 29.3. The van der Waals surface area contributed by atoms with E-state index in [1.165, 1.54) is 6.33 Å². The summed E-state index contributed by atoms with van der Waals surface area (Å²) in [6.07, 6.45) is 6.07. The van der Waals surface area contributed by atoms with Crippen molar-refractivity contribution in [2.75, 3.05) is 26.5 Å². The molecular formula is C26H27N7O2. The lowest BCUT2D eigenvalue weighted by molar-refractivity contribution is -0.204. The molecule has 3 aliphatic carbocycles. The van der Waals surface area contributed by atoms with Gasteiger partial charge < -0.3 is 15.0 Å². The molecule has 3 fully saturated rings. The number of hydrogen-bond acceptors (Lipinski definition) is 7. The zero-order chi connectivity index (χ0) is 24.4. The van der Waals surface area contributed by atoms with Crippen molar-refractivity contribution in [3.63, 3.8) is 0 Å². The summed E-state index contributed by atoms with van der Waals surface area (Å²) in [6.45, 7) is 0. The van der Waals surface area contributed by atoms with Crippen LogP contribution in [0.2, 0.25) is 0 Å². The number of anilines is 1. The molecule has 0 aliphatic heterocycles. The Morgan fingerprint density at radius 3 is 2.54 bits per heavy atom. The third-order valence-electron chi connectivity index (χ3n) is 7.59. The molecule has 178 valence electrons. The second kappa shape index (κ2) is 7.58. The highest BCUT2D eigenvalue weighted by molar-refractivity contribution is 6.01. The lowest BCUT2D eigenvalue weighted by atomic mass is 9.38. The van der Waals surface area contributed by atoms with Crippen molar-refractivity contribution in [1.82, 2.24) is 29.6 Å². The summed E-state index contributed by atoms with van der Waals surface area (Å²) >= 11 is 0. The Kier molecular flexibility index (Phi) is 4.69. The van der Waals surface area contributed by atoms with Crippen LogP contribution in [0.5, 0.6) is 5.75 Å². The lowest BCUT2D eigenvalue weighted by Crippen LogP contribution is -2.76. The Morgan fingerprint density at radius 1 is 1.11 bits per heavy atom. The molecule has 3 heterocycles. The van der Waals surface area contributed by atoms with Crippen molar-refractivity contribution in [3.8, 4) is 28.3 Å². The molecule has 9 heteroatoms. The maximum Gasteiger partial charge on any atom is 0.232 e. The SMILES string of the molecule is COc1cc2ncnc(-c3cn(C)nc3-c3ccccc3)c2nc1NC(=O)C12CC(N(C)C)(C1)C2. The Bertz CT molecular complexity index is 1440. The predicted octanol–water partition coefficient (Wildman–Crippen LogP) is 3.52. The smallest absolute Gasteiger partial charge is 0.232 e. The van der Waals surface area contributed by atoms with E-state index in [9.17, 15) is 4.79 Å². The van der Waals surface area contributed by atoms with E-state index in [-0.39, 0.29) is 16.9 Å². The van der Waals surface area contributed by atoms with E-state index >= 15 is 0 Å². The zero-order valence-electron chi connectivity index (χ0n) is 20.2. The van der Waals surface area contributed by atoms with Crippen molar-refractivity contribution in [3.05, 3.63) is 48.9 Å². The first-order valence-electron chi connectivity index (χ1n) is 11.6. The summed E-state index contributed by atoms with van der Waals surface area (Å²) in [7, 11) is 7.61. The van der Waals surface area contributed by atoms with Crippen molar-refractivity contribution >= 4 is 22.8 Å². The number of amides is 1. The fourth-order valence-corrected chi connectivity index (χ4v) is 5.57. The van der Waals surface area contributed by atoms with Gasteiger partial charge in [0, 0.05) is 36.0 Å². The molecule has 3 saturated carbocycles. The molecule has 1 amide bonds. The summed E-state index contributed by atoms with van der Waals surface area (Å²) in [5.41, 5.74) is 4.35. The van der Waals surface area contributed by atoms with Gasteiger partial charge in [0.05, 0.1) is 18.0 Å². The highest BCUT2D eigenvalue weighted by Crippen LogP contribution is 2.69. The van der Waals surface area contributed by atoms with Gasteiger partial charge in [-0.25, -0.2) is 15.0 Å². The third kappa shape index (κ3) is 3.22. The highest BCUT2D eigenvalue weighted by Gasteiger charge is 2.72. The normalized spacial score (nSPS) is 22.5. The molecule has 3 aliphatic rings. The van der Waals surface area contributed by atoms with Gasteiger partial charge in [-0.1, -0.05) is 30.3 Å². The monoisotopic (exact) mass is 469 g/mol. The molecule has 2 bridgehead atoms. The van der Waals surface area contributed by atoms with E-state index in [2.05, 4.69) is 39.4 Å². The first-order chi connectivity index (χ1) is 16.8. The van der Waals surface area contributed by atoms with Crippen LogP contribution in [0.25, 0.3) is 33.5 Å². The molecule has 9 nitrogen and oxygen atoms in total. The van der Waals surface area contributed by atoms with Gasteiger partial charge in [-0.2, -0.15) is 5.10 Å². The second-order valence-electron chi connectivity index (χ2n) is 9.94. The molecule has 0 atom stereocenters. The van der Waals surface area contributed by atoms with Gasteiger partial charge in [-0.3, -0.25) is 9.48 Å². The maximum absolute atomic E-state index is 13.3. The molecule has 1 N–H and O–H groups in total. The Hall–Kier alpha value is -3.85. The number of methoxy groups -OCH3 is 1. The van der Waals surface area contributed by atoms with E-state index in [1.54, 1.807) is 17.9 Å². The van der Waals surface area contributed by atoms with Gasteiger partial charge in [0.25, 0.3) is 0 Å². The number of benzene rings is 1. The van der Waals surface area contributed by atoms with Gasteiger partial charge in [0.2, 0.25) is 5.91 Å². The number of fused-ring (bicyclic) bond motifs is 1. The molecule has 1 aromatic carbocycles. The Morgan fingerprint density at radius 2 is 1.86 bits per heavy atom. The number of carbonyl (C=O) groups is 1. The van der Waals surface area contributed by atoms with Crippen LogP contribution in [-0.4, -0.2) is 62.3 Å². The van der Waals surface area contributed by atoms with Gasteiger partial charge in [-0.05, 0) is 33.4 Å². The molecule has 0 saturated heterocycles. The lowest BCUT2D eigenvalue weighted by Gasteiger charge is -2.71. The van der Waals surface area contributed by atoms with Crippen molar-refractivity contribution in [1.29, 1.82) is 0 Å². The van der Waals surface area contributed by atoms with Crippen LogP contribution in [0.3, 0.4) is 0 Å². The molecule has 4 aromatic rings. The molecule has 3 aromatic heterocycles. The van der Waals surface area contributed by atoms with E-state index in [1.807, 2.05) is 43.6 Å². The van der Waals surface area contributed by atoms with E-state index in [0.717, 1.165) is 36.1 Å². The number of aromatic nitrogens is 5. The number of rotatable bonds is 6. The molecule has 0 radical (unpaired) electrons. The zero-order valence-corrected chi connectivity index (χ0v) is 20.2. The maximum atomic E-state index is 13.3. The minimum absolute atomic E-state index is 0.00359. The highest BCUT2D eigenvalue weighted by atomic mass is 16.5. The van der Waals surface area contributed by atoms with E-state index in [0.29, 0.717) is 28.3 Å². The third-order valence-corrected chi connectivity index (χ3v) is 7.59. The van der Waals surface area contributed by atoms with Crippen LogP contribution in [0.1, 0.15) is 19.3 Å². The van der Waals surface area contributed by atoms with E-state index < -0.39 is 0 Å². The van der Waals surface area contributed by atoms with Gasteiger partial charge >= 0.3 is 0 Å².